The maximum atomic E-state index is 13.9. The Hall–Kier alpha value is -1.71. The smallest absolute Gasteiger partial charge is 0.233 e. The van der Waals surface area contributed by atoms with Crippen molar-refractivity contribution in [3.63, 3.8) is 0 Å². The minimum Gasteiger partial charge on any atom is -0.339 e. The van der Waals surface area contributed by atoms with Gasteiger partial charge in [0.2, 0.25) is 11.1 Å². The van der Waals surface area contributed by atoms with E-state index in [1.54, 1.807) is 16.8 Å². The zero-order valence-electron chi connectivity index (χ0n) is 15.3. The fraction of sp³-hybridized carbons (Fsp3) is 0.529. The third-order valence-corrected chi connectivity index (χ3v) is 5.72. The Labute approximate surface area is 166 Å². The lowest BCUT2D eigenvalue weighted by Crippen LogP contribution is -2.48. The number of nitrogens with zero attached hydrogens (tertiary/aromatic N) is 6. The highest BCUT2D eigenvalue weighted by Crippen LogP contribution is 2.22. The summed E-state index contributed by atoms with van der Waals surface area (Å²) in [5, 5.41) is 12.6. The van der Waals surface area contributed by atoms with Gasteiger partial charge in [0.05, 0.1) is 11.8 Å². The van der Waals surface area contributed by atoms with Crippen molar-refractivity contribution in [2.24, 2.45) is 0 Å². The summed E-state index contributed by atoms with van der Waals surface area (Å²) in [6, 6.07) is 4.86. The zero-order chi connectivity index (χ0) is 19.4. The Morgan fingerprint density at radius 1 is 1.30 bits per heavy atom. The van der Waals surface area contributed by atoms with E-state index in [0.717, 1.165) is 0 Å². The van der Waals surface area contributed by atoms with Crippen molar-refractivity contribution in [3.8, 4) is 0 Å². The van der Waals surface area contributed by atoms with Gasteiger partial charge in [-0.1, -0.05) is 29.4 Å². The van der Waals surface area contributed by atoms with E-state index in [1.165, 1.54) is 17.8 Å². The fourth-order valence-corrected chi connectivity index (χ4v) is 4.02. The topological polar surface area (TPSA) is 67.2 Å². The molecule has 1 aliphatic rings. The summed E-state index contributed by atoms with van der Waals surface area (Å²) < 4.78 is 15.6. The number of carbonyl (C=O) groups is 1. The van der Waals surface area contributed by atoms with Crippen molar-refractivity contribution in [3.05, 3.63) is 34.6 Å². The first-order chi connectivity index (χ1) is 13.0. The molecule has 1 aromatic heterocycles. The summed E-state index contributed by atoms with van der Waals surface area (Å²) in [5.74, 6) is 0.0637. The van der Waals surface area contributed by atoms with Gasteiger partial charge in [0, 0.05) is 43.3 Å². The van der Waals surface area contributed by atoms with Crippen LogP contribution in [0.2, 0.25) is 5.02 Å². The Morgan fingerprint density at radius 3 is 2.70 bits per heavy atom. The van der Waals surface area contributed by atoms with Gasteiger partial charge < -0.3 is 4.90 Å². The molecule has 1 aromatic carbocycles. The molecule has 0 spiro atoms. The molecule has 0 bridgehead atoms. The summed E-state index contributed by atoms with van der Waals surface area (Å²) in [4.78, 5) is 16.4. The average molecular weight is 413 g/mol. The molecule has 27 heavy (non-hydrogen) atoms. The summed E-state index contributed by atoms with van der Waals surface area (Å²) >= 11 is 7.45. The SMILES string of the molecule is CC(C)n1nnnc1SCC(=O)N1CCN(Cc2c(F)cccc2Cl)CC1. The van der Waals surface area contributed by atoms with E-state index < -0.39 is 0 Å². The lowest BCUT2D eigenvalue weighted by atomic mass is 10.2. The summed E-state index contributed by atoms with van der Waals surface area (Å²) in [7, 11) is 0. The van der Waals surface area contributed by atoms with Crippen LogP contribution in [-0.4, -0.2) is 67.8 Å². The van der Waals surface area contributed by atoms with Crippen LogP contribution in [0.25, 0.3) is 0 Å². The highest BCUT2D eigenvalue weighted by Gasteiger charge is 2.23. The first kappa shape index (κ1) is 20.0. The van der Waals surface area contributed by atoms with Crippen LogP contribution in [0.1, 0.15) is 25.5 Å². The summed E-state index contributed by atoms with van der Waals surface area (Å²) in [5.41, 5.74) is 0.509. The number of carbonyl (C=O) groups excluding carboxylic acids is 1. The molecule has 0 N–H and O–H groups in total. The van der Waals surface area contributed by atoms with Crippen molar-refractivity contribution in [2.45, 2.75) is 31.6 Å². The van der Waals surface area contributed by atoms with Gasteiger partial charge in [-0.15, -0.1) is 5.10 Å². The third kappa shape index (κ3) is 4.97. The minimum absolute atomic E-state index is 0.0573. The molecular formula is C17H22ClFN6OS. The minimum atomic E-state index is -0.291. The van der Waals surface area contributed by atoms with Crippen molar-refractivity contribution >= 4 is 29.3 Å². The lowest BCUT2D eigenvalue weighted by Gasteiger charge is -2.34. The van der Waals surface area contributed by atoms with Crippen molar-refractivity contribution in [1.82, 2.24) is 30.0 Å². The van der Waals surface area contributed by atoms with Crippen LogP contribution in [0, 0.1) is 5.82 Å². The largest absolute Gasteiger partial charge is 0.339 e. The van der Waals surface area contributed by atoms with Gasteiger partial charge in [0.15, 0.2) is 0 Å². The van der Waals surface area contributed by atoms with Crippen LogP contribution >= 0.6 is 23.4 Å². The second-order valence-corrected chi connectivity index (χ2v) is 8.00. The number of tetrazole rings is 1. The van der Waals surface area contributed by atoms with Crippen molar-refractivity contribution in [2.75, 3.05) is 31.9 Å². The molecule has 2 heterocycles. The quantitative estimate of drug-likeness (QED) is 0.679. The van der Waals surface area contributed by atoms with E-state index in [-0.39, 0.29) is 17.8 Å². The van der Waals surface area contributed by atoms with Gasteiger partial charge >= 0.3 is 0 Å². The number of benzene rings is 1. The normalized spacial score (nSPS) is 15.5. The molecule has 0 saturated carbocycles. The number of hydrogen-bond acceptors (Lipinski definition) is 6. The number of aromatic nitrogens is 4. The third-order valence-electron chi connectivity index (χ3n) is 4.44. The van der Waals surface area contributed by atoms with Gasteiger partial charge in [0.1, 0.15) is 5.82 Å². The molecular weight excluding hydrogens is 391 g/mol. The Bertz CT molecular complexity index is 773. The maximum absolute atomic E-state index is 13.9. The molecule has 7 nitrogen and oxygen atoms in total. The molecule has 10 heteroatoms. The van der Waals surface area contributed by atoms with Gasteiger partial charge in [-0.2, -0.15) is 0 Å². The van der Waals surface area contributed by atoms with Crippen LogP contribution in [0.5, 0.6) is 0 Å². The highest BCUT2D eigenvalue weighted by molar-refractivity contribution is 7.99. The van der Waals surface area contributed by atoms with Gasteiger partial charge in [-0.25, -0.2) is 9.07 Å². The summed E-state index contributed by atoms with van der Waals surface area (Å²) in [6.07, 6.45) is 0. The van der Waals surface area contributed by atoms with E-state index in [4.69, 9.17) is 11.6 Å². The number of hydrogen-bond donors (Lipinski definition) is 0. The van der Waals surface area contributed by atoms with E-state index in [2.05, 4.69) is 20.4 Å². The molecule has 0 atom stereocenters. The number of piperazine rings is 1. The number of amides is 1. The van der Waals surface area contributed by atoms with E-state index in [0.29, 0.717) is 54.2 Å². The Balaban J connectivity index is 1.48. The maximum Gasteiger partial charge on any atom is 0.233 e. The second-order valence-electron chi connectivity index (χ2n) is 6.65. The van der Waals surface area contributed by atoms with Crippen LogP contribution in [0.3, 0.4) is 0 Å². The molecule has 146 valence electrons. The predicted octanol–water partition coefficient (Wildman–Crippen LogP) is 2.48. The standard InChI is InChI=1S/C17H22ClFN6OS/c1-12(2)25-17(20-21-22-25)27-11-16(26)24-8-6-23(7-9-24)10-13-14(18)4-3-5-15(13)19/h3-5,12H,6-11H2,1-2H3. The van der Waals surface area contributed by atoms with E-state index >= 15 is 0 Å². The highest BCUT2D eigenvalue weighted by atomic mass is 35.5. The van der Waals surface area contributed by atoms with Crippen LogP contribution < -0.4 is 0 Å². The average Bonchev–Trinajstić information content (AvgIpc) is 3.12. The molecule has 1 fully saturated rings. The lowest BCUT2D eigenvalue weighted by molar-refractivity contribution is -0.130. The summed E-state index contributed by atoms with van der Waals surface area (Å²) in [6.45, 7) is 7.02. The Morgan fingerprint density at radius 2 is 2.04 bits per heavy atom. The Kier molecular flexibility index (Phi) is 6.67. The van der Waals surface area contributed by atoms with Crippen LogP contribution in [0.15, 0.2) is 23.4 Å². The fourth-order valence-electron chi connectivity index (χ4n) is 2.88. The monoisotopic (exact) mass is 412 g/mol. The first-order valence-corrected chi connectivity index (χ1v) is 10.2. The molecule has 1 saturated heterocycles. The van der Waals surface area contributed by atoms with Gasteiger partial charge in [0.25, 0.3) is 0 Å². The molecule has 3 rings (SSSR count). The van der Waals surface area contributed by atoms with Crippen LogP contribution in [0.4, 0.5) is 4.39 Å². The van der Waals surface area contributed by atoms with Crippen molar-refractivity contribution in [1.29, 1.82) is 0 Å². The van der Waals surface area contributed by atoms with E-state index in [9.17, 15) is 9.18 Å². The first-order valence-electron chi connectivity index (χ1n) is 8.79. The second kappa shape index (κ2) is 8.99. The molecule has 0 aliphatic carbocycles. The van der Waals surface area contributed by atoms with E-state index in [1.807, 2.05) is 18.7 Å². The number of thioether (sulfide) groups is 1. The van der Waals surface area contributed by atoms with Gasteiger partial charge in [-0.3, -0.25) is 9.69 Å². The predicted molar refractivity (Wildman–Crippen MR) is 102 cm³/mol. The number of halogens is 2. The molecule has 1 amide bonds. The molecule has 0 radical (unpaired) electrons. The van der Waals surface area contributed by atoms with Gasteiger partial charge in [-0.05, 0) is 36.4 Å². The van der Waals surface area contributed by atoms with Crippen molar-refractivity contribution < 1.29 is 9.18 Å². The number of rotatable bonds is 6. The molecule has 1 aliphatic heterocycles. The molecule has 0 unspecified atom stereocenters. The van der Waals surface area contributed by atoms with Crippen LogP contribution in [-0.2, 0) is 11.3 Å². The zero-order valence-corrected chi connectivity index (χ0v) is 16.9. The molecule has 2 aromatic rings.